The minimum atomic E-state index is -0.936. The fourth-order valence-electron chi connectivity index (χ4n) is 4.02. The van der Waals surface area contributed by atoms with Crippen molar-refractivity contribution in [3.63, 3.8) is 0 Å². The van der Waals surface area contributed by atoms with Crippen LogP contribution in [0.15, 0.2) is 59.5 Å². The summed E-state index contributed by atoms with van der Waals surface area (Å²) in [5.74, 6) is -0.719. The average molecular weight is 500 g/mol. The van der Waals surface area contributed by atoms with Crippen LogP contribution in [0.1, 0.15) is 22.0 Å². The molecule has 0 aliphatic carbocycles. The van der Waals surface area contributed by atoms with Crippen LogP contribution in [0, 0.1) is 0 Å². The van der Waals surface area contributed by atoms with Gasteiger partial charge in [-0.3, -0.25) is 9.59 Å². The number of ether oxygens (including phenoxy) is 3. The number of likely N-dealkylation sites (tertiary alicyclic amines) is 1. The van der Waals surface area contributed by atoms with E-state index in [1.54, 1.807) is 30.3 Å². The van der Waals surface area contributed by atoms with Gasteiger partial charge in [-0.2, -0.15) is 0 Å². The molecule has 3 aromatic rings. The summed E-state index contributed by atoms with van der Waals surface area (Å²) < 4.78 is 16.3. The van der Waals surface area contributed by atoms with Gasteiger partial charge in [-0.1, -0.05) is 29.8 Å². The number of aliphatic hydroxyl groups excluding tert-OH is 1. The van der Waals surface area contributed by atoms with E-state index in [9.17, 15) is 14.7 Å². The molecule has 1 N–H and O–H groups in total. The zero-order chi connectivity index (χ0) is 24.4. The largest absolute Gasteiger partial charge is 0.507 e. The predicted molar refractivity (Wildman–Crippen MR) is 130 cm³/mol. The summed E-state index contributed by atoms with van der Waals surface area (Å²) in [4.78, 5) is 28.8. The van der Waals surface area contributed by atoms with Crippen LogP contribution in [0.3, 0.4) is 0 Å². The molecule has 1 amide bonds. The maximum atomic E-state index is 13.3. The summed E-state index contributed by atoms with van der Waals surface area (Å²) in [6.45, 7) is 0.176. The quantitative estimate of drug-likeness (QED) is 0.278. The number of aliphatic hydroxyl groups is 1. The molecule has 1 unspecified atom stereocenters. The summed E-state index contributed by atoms with van der Waals surface area (Å²) in [7, 11) is 4.46. The first-order valence-electron chi connectivity index (χ1n) is 10.3. The maximum absolute atomic E-state index is 13.3. The fraction of sp³-hybridized carbons (Fsp3) is 0.200. The number of thiophene rings is 1. The topological polar surface area (TPSA) is 85.3 Å². The molecule has 7 nitrogen and oxygen atoms in total. The van der Waals surface area contributed by atoms with E-state index < -0.39 is 23.5 Å². The number of Topliss-reactive ketones (excluding diaryl/α,β-unsaturated/α-hetero) is 1. The summed E-state index contributed by atoms with van der Waals surface area (Å²) in [5.41, 5.74) is 0.587. The Morgan fingerprint density at radius 3 is 2.50 bits per heavy atom. The van der Waals surface area contributed by atoms with Crippen molar-refractivity contribution in [2.24, 2.45) is 0 Å². The SMILES string of the molecule is COc1ccc(Cl)c(/C(O)=C2\C(=O)C(=O)N(Cc3cccs3)C2c2cccc(OC)c2OC)c1. The summed E-state index contributed by atoms with van der Waals surface area (Å²) >= 11 is 7.82. The van der Waals surface area contributed by atoms with Gasteiger partial charge in [0.2, 0.25) is 0 Å². The van der Waals surface area contributed by atoms with Crippen LogP contribution in [0.4, 0.5) is 0 Å². The molecular formula is C25H22ClNO6S. The molecule has 0 spiro atoms. The molecule has 1 saturated heterocycles. The Bertz CT molecular complexity index is 1270. The van der Waals surface area contributed by atoms with Crippen LogP contribution in [0.2, 0.25) is 5.02 Å². The van der Waals surface area contributed by atoms with Gasteiger partial charge in [-0.15, -0.1) is 11.3 Å². The van der Waals surface area contributed by atoms with Crippen LogP contribution >= 0.6 is 22.9 Å². The van der Waals surface area contributed by atoms with Crippen molar-refractivity contribution in [3.8, 4) is 17.2 Å². The van der Waals surface area contributed by atoms with Gasteiger partial charge in [0.15, 0.2) is 11.5 Å². The first kappa shape index (κ1) is 23.7. The molecule has 176 valence electrons. The zero-order valence-electron chi connectivity index (χ0n) is 18.7. The van der Waals surface area contributed by atoms with Crippen LogP contribution < -0.4 is 14.2 Å². The maximum Gasteiger partial charge on any atom is 0.295 e. The third kappa shape index (κ3) is 4.10. The van der Waals surface area contributed by atoms with Crippen molar-refractivity contribution < 1.29 is 28.9 Å². The Hall–Kier alpha value is -3.49. The molecule has 0 radical (unpaired) electrons. The van der Waals surface area contributed by atoms with E-state index in [0.29, 0.717) is 22.8 Å². The van der Waals surface area contributed by atoms with Crippen LogP contribution in [-0.2, 0) is 16.1 Å². The monoisotopic (exact) mass is 499 g/mol. The Labute approximate surface area is 205 Å². The first-order valence-corrected chi connectivity index (χ1v) is 11.5. The number of methoxy groups -OCH3 is 3. The van der Waals surface area contributed by atoms with E-state index in [2.05, 4.69) is 0 Å². The van der Waals surface area contributed by atoms with Crippen LogP contribution in [0.25, 0.3) is 5.76 Å². The van der Waals surface area contributed by atoms with Gasteiger partial charge in [0, 0.05) is 16.0 Å². The second kappa shape index (κ2) is 9.79. The van der Waals surface area contributed by atoms with Gasteiger partial charge in [0.25, 0.3) is 11.7 Å². The molecule has 1 aliphatic heterocycles. The molecule has 2 aromatic carbocycles. The highest BCUT2D eigenvalue weighted by Gasteiger charge is 2.47. The number of hydrogen-bond donors (Lipinski definition) is 1. The van der Waals surface area contributed by atoms with Gasteiger partial charge in [-0.25, -0.2) is 0 Å². The fourth-order valence-corrected chi connectivity index (χ4v) is 4.93. The number of para-hydroxylation sites is 1. The normalized spacial score (nSPS) is 17.2. The van der Waals surface area contributed by atoms with E-state index in [1.165, 1.54) is 43.6 Å². The number of nitrogens with zero attached hydrogens (tertiary/aromatic N) is 1. The molecule has 1 aliphatic rings. The molecule has 0 bridgehead atoms. The number of halogens is 1. The highest BCUT2D eigenvalue weighted by molar-refractivity contribution is 7.09. The molecular weight excluding hydrogens is 478 g/mol. The molecule has 4 rings (SSSR count). The number of carbonyl (C=O) groups is 2. The van der Waals surface area contributed by atoms with E-state index in [-0.39, 0.29) is 22.7 Å². The van der Waals surface area contributed by atoms with E-state index in [4.69, 9.17) is 25.8 Å². The number of ketones is 1. The van der Waals surface area contributed by atoms with Crippen molar-refractivity contribution in [2.45, 2.75) is 12.6 Å². The lowest BCUT2D eigenvalue weighted by atomic mass is 9.94. The van der Waals surface area contributed by atoms with E-state index >= 15 is 0 Å². The molecule has 0 saturated carbocycles. The second-order valence-corrected chi connectivity index (χ2v) is 8.87. The summed E-state index contributed by atoms with van der Waals surface area (Å²) in [5, 5.41) is 13.4. The second-order valence-electron chi connectivity index (χ2n) is 7.43. The lowest BCUT2D eigenvalue weighted by molar-refractivity contribution is -0.140. The number of carbonyl (C=O) groups excluding carboxylic acids is 2. The highest BCUT2D eigenvalue weighted by Crippen LogP contribution is 2.46. The Balaban J connectivity index is 1.97. The van der Waals surface area contributed by atoms with Crippen molar-refractivity contribution in [3.05, 3.63) is 80.5 Å². The zero-order valence-corrected chi connectivity index (χ0v) is 20.3. The highest BCUT2D eigenvalue weighted by atomic mass is 35.5. The van der Waals surface area contributed by atoms with Gasteiger partial charge in [0.05, 0.1) is 44.5 Å². The molecule has 9 heteroatoms. The van der Waals surface area contributed by atoms with Gasteiger partial charge in [-0.05, 0) is 35.7 Å². The Morgan fingerprint density at radius 1 is 1.06 bits per heavy atom. The molecule has 1 fully saturated rings. The van der Waals surface area contributed by atoms with E-state index in [1.807, 2.05) is 17.5 Å². The molecule has 1 atom stereocenters. The number of amides is 1. The van der Waals surface area contributed by atoms with Crippen molar-refractivity contribution in [2.75, 3.05) is 21.3 Å². The Morgan fingerprint density at radius 2 is 1.85 bits per heavy atom. The van der Waals surface area contributed by atoms with Crippen LogP contribution in [0.5, 0.6) is 17.2 Å². The third-order valence-electron chi connectivity index (χ3n) is 5.60. The summed E-state index contributed by atoms with van der Waals surface area (Å²) in [6.07, 6.45) is 0. The Kier molecular flexibility index (Phi) is 6.81. The number of hydrogen-bond acceptors (Lipinski definition) is 7. The number of rotatable bonds is 7. The summed E-state index contributed by atoms with van der Waals surface area (Å²) in [6, 6.07) is 12.7. The lowest BCUT2D eigenvalue weighted by Crippen LogP contribution is -2.29. The minimum absolute atomic E-state index is 0.0942. The molecule has 1 aromatic heterocycles. The lowest BCUT2D eigenvalue weighted by Gasteiger charge is -2.27. The number of benzene rings is 2. The van der Waals surface area contributed by atoms with Crippen molar-refractivity contribution in [1.82, 2.24) is 4.90 Å². The minimum Gasteiger partial charge on any atom is -0.507 e. The van der Waals surface area contributed by atoms with Crippen molar-refractivity contribution in [1.29, 1.82) is 0 Å². The standard InChI is InChI=1S/C25H22ClNO6S/c1-31-14-9-10-18(26)17(12-14)22(28)20-21(16-7-4-8-19(32-2)24(16)33-3)27(25(30)23(20)29)13-15-6-5-11-34-15/h4-12,21,28H,13H2,1-3H3/b22-20+. The molecule has 2 heterocycles. The average Bonchev–Trinajstić information content (AvgIpc) is 3.45. The van der Waals surface area contributed by atoms with Gasteiger partial charge < -0.3 is 24.2 Å². The molecule has 34 heavy (non-hydrogen) atoms. The predicted octanol–water partition coefficient (Wildman–Crippen LogP) is 5.05. The van der Waals surface area contributed by atoms with E-state index in [0.717, 1.165) is 4.88 Å². The van der Waals surface area contributed by atoms with Crippen LogP contribution in [-0.4, -0.2) is 43.0 Å². The van der Waals surface area contributed by atoms with Gasteiger partial charge in [0.1, 0.15) is 11.5 Å². The third-order valence-corrected chi connectivity index (χ3v) is 6.79. The van der Waals surface area contributed by atoms with Crippen molar-refractivity contribution >= 4 is 40.4 Å². The smallest absolute Gasteiger partial charge is 0.295 e. The first-order chi connectivity index (χ1) is 16.4. The van der Waals surface area contributed by atoms with Gasteiger partial charge >= 0.3 is 0 Å².